The molecule has 0 saturated carbocycles. The van der Waals surface area contributed by atoms with E-state index in [4.69, 9.17) is 9.47 Å². The summed E-state index contributed by atoms with van der Waals surface area (Å²) in [6.45, 7) is 2.48. The topological polar surface area (TPSA) is 65.4 Å². The number of methoxy groups -OCH3 is 1. The predicted molar refractivity (Wildman–Crippen MR) is 112 cm³/mol. The zero-order valence-corrected chi connectivity index (χ0v) is 16.7. The number of amides is 1. The number of nitrogens with zero attached hydrogens (tertiary/aromatic N) is 2. The lowest BCUT2D eigenvalue weighted by Gasteiger charge is -2.04. The highest BCUT2D eigenvalue weighted by Gasteiger charge is 2.15. The first-order valence-electron chi connectivity index (χ1n) is 9.20. The molecule has 1 amide bonds. The van der Waals surface area contributed by atoms with Crippen LogP contribution >= 0.6 is 0 Å². The third-order valence-electron chi connectivity index (χ3n) is 4.35. The van der Waals surface area contributed by atoms with Crippen molar-refractivity contribution in [2.45, 2.75) is 6.92 Å². The first kappa shape index (κ1) is 20.0. The molecule has 29 heavy (non-hydrogen) atoms. The minimum absolute atomic E-state index is 0.227. The van der Waals surface area contributed by atoms with Crippen LogP contribution < -0.4 is 14.8 Å². The van der Waals surface area contributed by atoms with Crippen LogP contribution in [0, 0.1) is 18.8 Å². The van der Waals surface area contributed by atoms with Gasteiger partial charge >= 0.3 is 0 Å². The van der Waals surface area contributed by atoms with Gasteiger partial charge in [0.05, 0.1) is 19.3 Å². The van der Waals surface area contributed by atoms with Gasteiger partial charge in [-0.05, 0) is 36.8 Å². The Bertz CT molecular complexity index is 1060. The van der Waals surface area contributed by atoms with E-state index in [-0.39, 0.29) is 19.1 Å². The third-order valence-corrected chi connectivity index (χ3v) is 4.35. The first-order valence-corrected chi connectivity index (χ1v) is 9.20. The SMILES string of the molecule is COc1ccccc1-c1cc(C(=O)NCC#CCOc2ccccc2C)n(C)n1. The van der Waals surface area contributed by atoms with Crippen molar-refractivity contribution in [3.8, 4) is 34.6 Å². The number of aryl methyl sites for hydroxylation is 2. The number of nitrogens with one attached hydrogen (secondary N) is 1. The Morgan fingerprint density at radius 1 is 1.10 bits per heavy atom. The van der Waals surface area contributed by atoms with Gasteiger partial charge in [0.2, 0.25) is 0 Å². The second kappa shape index (κ2) is 9.47. The summed E-state index contributed by atoms with van der Waals surface area (Å²) >= 11 is 0. The van der Waals surface area contributed by atoms with Gasteiger partial charge in [0.25, 0.3) is 5.91 Å². The van der Waals surface area contributed by atoms with E-state index >= 15 is 0 Å². The lowest BCUT2D eigenvalue weighted by molar-refractivity contribution is 0.0949. The van der Waals surface area contributed by atoms with Crippen LogP contribution in [0.5, 0.6) is 11.5 Å². The van der Waals surface area contributed by atoms with Crippen molar-refractivity contribution in [3.05, 3.63) is 65.9 Å². The molecule has 2 aromatic carbocycles. The molecule has 0 aliphatic rings. The molecule has 6 heteroatoms. The largest absolute Gasteiger partial charge is 0.496 e. The number of carbonyl (C=O) groups excluding carboxylic acids is 1. The molecule has 0 spiro atoms. The van der Waals surface area contributed by atoms with Crippen LogP contribution in [0.25, 0.3) is 11.3 Å². The van der Waals surface area contributed by atoms with Gasteiger partial charge in [-0.15, -0.1) is 0 Å². The highest BCUT2D eigenvalue weighted by Crippen LogP contribution is 2.28. The minimum atomic E-state index is -0.240. The quantitative estimate of drug-likeness (QED) is 0.658. The van der Waals surface area contributed by atoms with E-state index in [1.54, 1.807) is 24.9 Å². The van der Waals surface area contributed by atoms with Gasteiger partial charge in [-0.1, -0.05) is 42.2 Å². The molecule has 0 saturated heterocycles. The molecule has 0 aliphatic heterocycles. The van der Waals surface area contributed by atoms with Crippen LogP contribution in [-0.2, 0) is 7.05 Å². The van der Waals surface area contributed by atoms with Crippen molar-refractivity contribution >= 4 is 5.91 Å². The monoisotopic (exact) mass is 389 g/mol. The number of aromatic nitrogens is 2. The zero-order chi connectivity index (χ0) is 20.6. The normalized spacial score (nSPS) is 10.0. The zero-order valence-electron chi connectivity index (χ0n) is 16.7. The van der Waals surface area contributed by atoms with E-state index in [1.807, 2.05) is 55.5 Å². The average molecular weight is 389 g/mol. The Morgan fingerprint density at radius 2 is 1.83 bits per heavy atom. The predicted octanol–water partition coefficient (Wildman–Crippen LogP) is 3.22. The number of hydrogen-bond donors (Lipinski definition) is 1. The fourth-order valence-electron chi connectivity index (χ4n) is 2.83. The lowest BCUT2D eigenvalue weighted by Crippen LogP contribution is -2.25. The Hall–Kier alpha value is -3.72. The molecular formula is C23H23N3O3. The van der Waals surface area contributed by atoms with Gasteiger partial charge in [-0.3, -0.25) is 9.48 Å². The Balaban J connectivity index is 1.57. The fourth-order valence-corrected chi connectivity index (χ4v) is 2.83. The van der Waals surface area contributed by atoms with E-state index in [2.05, 4.69) is 22.3 Å². The van der Waals surface area contributed by atoms with Crippen molar-refractivity contribution in [1.29, 1.82) is 0 Å². The van der Waals surface area contributed by atoms with Crippen LogP contribution in [0.2, 0.25) is 0 Å². The summed E-state index contributed by atoms with van der Waals surface area (Å²) in [6.07, 6.45) is 0. The summed E-state index contributed by atoms with van der Waals surface area (Å²) in [4.78, 5) is 12.5. The van der Waals surface area contributed by atoms with Crippen molar-refractivity contribution in [2.24, 2.45) is 7.05 Å². The average Bonchev–Trinajstić information content (AvgIpc) is 3.13. The van der Waals surface area contributed by atoms with Crippen molar-refractivity contribution in [2.75, 3.05) is 20.3 Å². The number of ether oxygens (including phenoxy) is 2. The summed E-state index contributed by atoms with van der Waals surface area (Å²) < 4.78 is 12.5. The van der Waals surface area contributed by atoms with Gasteiger partial charge in [0.15, 0.2) is 0 Å². The summed E-state index contributed by atoms with van der Waals surface area (Å²) in [5.41, 5.74) is 3.01. The number of carbonyl (C=O) groups is 1. The maximum atomic E-state index is 12.5. The molecule has 0 bridgehead atoms. The summed E-state index contributed by atoms with van der Waals surface area (Å²) in [5, 5.41) is 7.21. The lowest BCUT2D eigenvalue weighted by atomic mass is 10.1. The molecular weight excluding hydrogens is 366 g/mol. The van der Waals surface area contributed by atoms with Crippen LogP contribution in [0.4, 0.5) is 0 Å². The van der Waals surface area contributed by atoms with Crippen molar-refractivity contribution in [3.63, 3.8) is 0 Å². The number of hydrogen-bond acceptors (Lipinski definition) is 4. The van der Waals surface area contributed by atoms with E-state index in [0.717, 1.165) is 16.9 Å². The Labute approximate surface area is 170 Å². The Morgan fingerprint density at radius 3 is 2.59 bits per heavy atom. The molecule has 0 radical (unpaired) electrons. The second-order valence-electron chi connectivity index (χ2n) is 6.33. The van der Waals surface area contributed by atoms with Crippen molar-refractivity contribution < 1.29 is 14.3 Å². The summed E-state index contributed by atoms with van der Waals surface area (Å²) in [6, 6.07) is 17.1. The van der Waals surface area contributed by atoms with Crippen LogP contribution in [0.1, 0.15) is 16.1 Å². The number of rotatable bonds is 6. The minimum Gasteiger partial charge on any atom is -0.496 e. The van der Waals surface area contributed by atoms with Crippen LogP contribution in [0.3, 0.4) is 0 Å². The summed E-state index contributed by atoms with van der Waals surface area (Å²) in [7, 11) is 3.34. The van der Waals surface area contributed by atoms with E-state index in [0.29, 0.717) is 17.1 Å². The van der Waals surface area contributed by atoms with E-state index in [1.165, 1.54) is 0 Å². The van der Waals surface area contributed by atoms with Gasteiger partial charge in [0.1, 0.15) is 23.8 Å². The Kier molecular flexibility index (Phi) is 6.54. The van der Waals surface area contributed by atoms with E-state index in [9.17, 15) is 4.79 Å². The highest BCUT2D eigenvalue weighted by molar-refractivity contribution is 5.94. The molecule has 148 valence electrons. The molecule has 0 fully saturated rings. The molecule has 6 nitrogen and oxygen atoms in total. The van der Waals surface area contributed by atoms with Gasteiger partial charge in [0, 0.05) is 12.6 Å². The molecule has 0 aliphatic carbocycles. The number of para-hydroxylation sites is 2. The fraction of sp³-hybridized carbons (Fsp3) is 0.217. The summed E-state index contributed by atoms with van der Waals surface area (Å²) in [5.74, 6) is 7.07. The molecule has 1 aromatic heterocycles. The standard InChI is InChI=1S/C23H23N3O3/c1-17-10-4-6-12-21(17)29-15-9-8-14-24-23(27)20-16-19(25-26(20)2)18-11-5-7-13-22(18)28-3/h4-7,10-13,16H,14-15H2,1-3H3,(H,24,27). The van der Waals surface area contributed by atoms with Gasteiger partial charge < -0.3 is 14.8 Å². The van der Waals surface area contributed by atoms with Gasteiger partial charge in [-0.2, -0.15) is 5.10 Å². The molecule has 0 unspecified atom stereocenters. The van der Waals surface area contributed by atoms with Crippen LogP contribution in [0.15, 0.2) is 54.6 Å². The first-order chi connectivity index (χ1) is 14.1. The molecule has 3 aromatic rings. The number of benzene rings is 2. The molecule has 0 atom stereocenters. The van der Waals surface area contributed by atoms with Crippen LogP contribution in [-0.4, -0.2) is 35.9 Å². The molecule has 1 N–H and O–H groups in total. The van der Waals surface area contributed by atoms with Gasteiger partial charge in [-0.25, -0.2) is 0 Å². The second-order valence-corrected chi connectivity index (χ2v) is 6.33. The smallest absolute Gasteiger partial charge is 0.270 e. The molecule has 3 rings (SSSR count). The third kappa shape index (κ3) is 4.96. The van der Waals surface area contributed by atoms with Crippen molar-refractivity contribution in [1.82, 2.24) is 15.1 Å². The highest BCUT2D eigenvalue weighted by atomic mass is 16.5. The maximum absolute atomic E-state index is 12.5. The molecule has 1 heterocycles. The van der Waals surface area contributed by atoms with E-state index < -0.39 is 0 Å². The maximum Gasteiger partial charge on any atom is 0.270 e.